The Kier molecular flexibility index (Phi) is 2.99. The highest BCUT2D eigenvalue weighted by Crippen LogP contribution is 2.47. The normalized spacial score (nSPS) is 31.9. The summed E-state index contributed by atoms with van der Waals surface area (Å²) in [5.74, 6) is -0.371. The highest BCUT2D eigenvalue weighted by molar-refractivity contribution is 5.92. The molecule has 1 saturated carbocycles. The maximum Gasteiger partial charge on any atom is 0.333 e. The Hall–Kier alpha value is -1.32. The first-order valence-corrected chi connectivity index (χ1v) is 5.57. The molecule has 16 heavy (non-hydrogen) atoms. The fourth-order valence-corrected chi connectivity index (χ4v) is 2.96. The van der Waals surface area contributed by atoms with E-state index in [2.05, 4.69) is 0 Å². The van der Waals surface area contributed by atoms with Crippen LogP contribution in [0.1, 0.15) is 19.3 Å². The number of carbonyl (C=O) groups is 2. The third-order valence-electron chi connectivity index (χ3n) is 3.68. The first-order valence-electron chi connectivity index (χ1n) is 5.57. The van der Waals surface area contributed by atoms with Crippen molar-refractivity contribution in [1.29, 1.82) is 0 Å². The lowest BCUT2D eigenvalue weighted by Crippen LogP contribution is -2.21. The molecule has 1 fully saturated rings. The molecular weight excluding hydrogens is 208 g/mol. The van der Waals surface area contributed by atoms with E-state index in [0.29, 0.717) is 5.57 Å². The highest BCUT2D eigenvalue weighted by Gasteiger charge is 2.46. The number of rotatable bonds is 2. The topological polar surface area (TPSA) is 52.6 Å². The van der Waals surface area contributed by atoms with Crippen molar-refractivity contribution in [2.24, 2.45) is 17.8 Å². The van der Waals surface area contributed by atoms with Crippen LogP contribution in [0.25, 0.3) is 0 Å². The number of ether oxygens (including phenoxy) is 2. The van der Waals surface area contributed by atoms with Gasteiger partial charge in [-0.1, -0.05) is 12.5 Å². The van der Waals surface area contributed by atoms with Crippen LogP contribution in [0.4, 0.5) is 0 Å². The summed E-state index contributed by atoms with van der Waals surface area (Å²) in [5, 5.41) is 0. The molecule has 0 heterocycles. The summed E-state index contributed by atoms with van der Waals surface area (Å²) in [4.78, 5) is 23.2. The van der Waals surface area contributed by atoms with Crippen molar-refractivity contribution in [1.82, 2.24) is 0 Å². The van der Waals surface area contributed by atoms with Gasteiger partial charge in [-0.05, 0) is 24.7 Å². The zero-order valence-electron chi connectivity index (χ0n) is 9.56. The largest absolute Gasteiger partial charge is 0.469 e. The standard InChI is InChI=1S/C12H16O4/c1-15-11(13)9-6-10(12(14)16-2)8-5-3-4-7(8)9/h6-9H,3-5H2,1-2H3/t7-,8+,9-/m1/s1. The van der Waals surface area contributed by atoms with Gasteiger partial charge in [0.1, 0.15) is 0 Å². The quantitative estimate of drug-likeness (QED) is 0.663. The van der Waals surface area contributed by atoms with E-state index in [-0.39, 0.29) is 29.7 Å². The van der Waals surface area contributed by atoms with Gasteiger partial charge in [0.25, 0.3) is 0 Å². The van der Waals surface area contributed by atoms with Crippen molar-refractivity contribution in [3.63, 3.8) is 0 Å². The summed E-state index contributed by atoms with van der Waals surface area (Å²) in [6.07, 6.45) is 4.77. The maximum atomic E-state index is 11.6. The molecule has 0 saturated heterocycles. The van der Waals surface area contributed by atoms with Gasteiger partial charge >= 0.3 is 11.9 Å². The average molecular weight is 224 g/mol. The number of hydrogen-bond donors (Lipinski definition) is 0. The van der Waals surface area contributed by atoms with E-state index in [1.807, 2.05) is 0 Å². The molecule has 0 aliphatic heterocycles. The van der Waals surface area contributed by atoms with E-state index in [1.54, 1.807) is 6.08 Å². The van der Waals surface area contributed by atoms with Crippen molar-refractivity contribution in [2.45, 2.75) is 19.3 Å². The van der Waals surface area contributed by atoms with Gasteiger partial charge in [0.2, 0.25) is 0 Å². The molecule has 0 bridgehead atoms. The van der Waals surface area contributed by atoms with Crippen molar-refractivity contribution in [3.8, 4) is 0 Å². The Morgan fingerprint density at radius 1 is 1.25 bits per heavy atom. The second kappa shape index (κ2) is 4.28. The minimum Gasteiger partial charge on any atom is -0.469 e. The minimum absolute atomic E-state index is 0.191. The first kappa shape index (κ1) is 11.2. The van der Waals surface area contributed by atoms with Crippen LogP contribution in [-0.2, 0) is 19.1 Å². The summed E-state index contributed by atoms with van der Waals surface area (Å²) < 4.78 is 9.51. The Morgan fingerprint density at radius 2 is 2.00 bits per heavy atom. The monoisotopic (exact) mass is 224 g/mol. The van der Waals surface area contributed by atoms with Gasteiger partial charge in [-0.3, -0.25) is 4.79 Å². The van der Waals surface area contributed by atoms with Gasteiger partial charge in [-0.15, -0.1) is 0 Å². The van der Waals surface area contributed by atoms with E-state index in [4.69, 9.17) is 9.47 Å². The Labute approximate surface area is 94.6 Å². The van der Waals surface area contributed by atoms with Crippen molar-refractivity contribution < 1.29 is 19.1 Å². The number of methoxy groups -OCH3 is 2. The van der Waals surface area contributed by atoms with Gasteiger partial charge < -0.3 is 9.47 Å². The van der Waals surface area contributed by atoms with E-state index >= 15 is 0 Å². The Balaban J connectivity index is 2.25. The van der Waals surface area contributed by atoms with Crippen LogP contribution < -0.4 is 0 Å². The molecule has 2 aliphatic carbocycles. The molecule has 2 aliphatic rings. The van der Waals surface area contributed by atoms with Crippen LogP contribution in [0.5, 0.6) is 0 Å². The lowest BCUT2D eigenvalue weighted by Gasteiger charge is -2.16. The molecule has 0 aromatic rings. The molecular formula is C12H16O4. The minimum atomic E-state index is -0.302. The molecule has 4 heteroatoms. The van der Waals surface area contributed by atoms with E-state index in [1.165, 1.54) is 14.2 Å². The van der Waals surface area contributed by atoms with Gasteiger partial charge in [-0.2, -0.15) is 0 Å². The second-order valence-corrected chi connectivity index (χ2v) is 4.36. The van der Waals surface area contributed by atoms with Gasteiger partial charge in [-0.25, -0.2) is 4.79 Å². The lowest BCUT2D eigenvalue weighted by molar-refractivity contribution is -0.145. The molecule has 0 spiro atoms. The molecule has 4 nitrogen and oxygen atoms in total. The molecule has 0 aromatic carbocycles. The van der Waals surface area contributed by atoms with Crippen molar-refractivity contribution in [3.05, 3.63) is 11.6 Å². The van der Waals surface area contributed by atoms with Gasteiger partial charge in [0, 0.05) is 5.57 Å². The summed E-state index contributed by atoms with van der Waals surface area (Å²) >= 11 is 0. The average Bonchev–Trinajstić information content (AvgIpc) is 2.87. The second-order valence-electron chi connectivity index (χ2n) is 4.36. The maximum absolute atomic E-state index is 11.6. The van der Waals surface area contributed by atoms with Crippen LogP contribution >= 0.6 is 0 Å². The van der Waals surface area contributed by atoms with Gasteiger partial charge in [0.15, 0.2) is 0 Å². The molecule has 2 rings (SSSR count). The fourth-order valence-electron chi connectivity index (χ4n) is 2.96. The lowest BCUT2D eigenvalue weighted by atomic mass is 9.89. The molecule has 0 aromatic heterocycles. The molecule has 0 unspecified atom stereocenters. The SMILES string of the molecule is COC(=O)C1=C[C@@H](C(=O)OC)[C@@H]2CCC[C@H]12. The van der Waals surface area contributed by atoms with Crippen molar-refractivity contribution in [2.75, 3.05) is 14.2 Å². The number of fused-ring (bicyclic) bond motifs is 1. The molecule has 0 amide bonds. The van der Waals surface area contributed by atoms with Crippen LogP contribution in [-0.4, -0.2) is 26.2 Å². The summed E-state index contributed by atoms with van der Waals surface area (Å²) in [5.41, 5.74) is 0.667. The number of hydrogen-bond acceptors (Lipinski definition) is 4. The smallest absolute Gasteiger partial charge is 0.333 e. The van der Waals surface area contributed by atoms with Crippen LogP contribution in [0.15, 0.2) is 11.6 Å². The first-order chi connectivity index (χ1) is 7.69. The highest BCUT2D eigenvalue weighted by atomic mass is 16.5. The molecule has 0 radical (unpaired) electrons. The van der Waals surface area contributed by atoms with Crippen LogP contribution in [0, 0.1) is 17.8 Å². The van der Waals surface area contributed by atoms with Gasteiger partial charge in [0.05, 0.1) is 20.1 Å². The summed E-state index contributed by atoms with van der Waals surface area (Å²) in [6, 6.07) is 0. The third kappa shape index (κ3) is 1.62. The fraction of sp³-hybridized carbons (Fsp3) is 0.667. The molecule has 0 N–H and O–H groups in total. The predicted octanol–water partition coefficient (Wildman–Crippen LogP) is 1.30. The van der Waals surface area contributed by atoms with E-state index in [9.17, 15) is 9.59 Å². The van der Waals surface area contributed by atoms with Crippen molar-refractivity contribution >= 4 is 11.9 Å². The van der Waals surface area contributed by atoms with E-state index in [0.717, 1.165) is 19.3 Å². The Morgan fingerprint density at radius 3 is 2.62 bits per heavy atom. The number of carbonyl (C=O) groups excluding carboxylic acids is 2. The predicted molar refractivity (Wildman–Crippen MR) is 56.4 cm³/mol. The zero-order chi connectivity index (χ0) is 11.7. The third-order valence-corrected chi connectivity index (χ3v) is 3.68. The zero-order valence-corrected chi connectivity index (χ0v) is 9.56. The summed E-state index contributed by atoms with van der Waals surface area (Å²) in [6.45, 7) is 0. The Bertz CT molecular complexity index is 345. The van der Waals surface area contributed by atoms with Crippen LogP contribution in [0.3, 0.4) is 0 Å². The molecule has 88 valence electrons. The van der Waals surface area contributed by atoms with Crippen LogP contribution in [0.2, 0.25) is 0 Å². The number of esters is 2. The molecule has 3 atom stereocenters. The van der Waals surface area contributed by atoms with E-state index < -0.39 is 0 Å². The summed E-state index contributed by atoms with van der Waals surface area (Å²) in [7, 11) is 2.76.